The van der Waals surface area contributed by atoms with Gasteiger partial charge >= 0.3 is 0 Å². The third-order valence-electron chi connectivity index (χ3n) is 8.91. The van der Waals surface area contributed by atoms with E-state index in [9.17, 15) is 4.57 Å². The van der Waals surface area contributed by atoms with Crippen molar-refractivity contribution in [3.63, 3.8) is 0 Å². The lowest BCUT2D eigenvalue weighted by Gasteiger charge is -2.35. The number of rotatable bonds is 8. The zero-order valence-electron chi connectivity index (χ0n) is 25.2. The van der Waals surface area contributed by atoms with Crippen LogP contribution in [0.1, 0.15) is 5.56 Å². The lowest BCUT2D eigenvalue weighted by molar-refractivity contribution is -0.0590. The summed E-state index contributed by atoms with van der Waals surface area (Å²) < 4.78 is 25.3. The number of aryl methyl sites for hydroxylation is 1. The fourth-order valence-electron chi connectivity index (χ4n) is 6.67. The average Bonchev–Trinajstić information content (AvgIpc) is 3.52. The van der Waals surface area contributed by atoms with E-state index < -0.39 is 7.14 Å². The molecule has 3 fully saturated rings. The van der Waals surface area contributed by atoms with Gasteiger partial charge in [0.1, 0.15) is 24.2 Å². The van der Waals surface area contributed by atoms with Crippen molar-refractivity contribution < 1.29 is 14.0 Å². The summed E-state index contributed by atoms with van der Waals surface area (Å²) in [4.78, 5) is 23.3. The molecule has 0 saturated carbocycles. The number of likely N-dealkylation sites (tertiary alicyclic amines) is 1. The third-order valence-corrected chi connectivity index (χ3v) is 11.0. The molecule has 3 saturated heterocycles. The molecule has 11 nitrogen and oxygen atoms in total. The van der Waals surface area contributed by atoms with Gasteiger partial charge in [-0.05, 0) is 71.8 Å². The second-order valence-electron chi connectivity index (χ2n) is 12.3. The summed E-state index contributed by atoms with van der Waals surface area (Å²) in [6, 6.07) is 8.56. The molecule has 5 heterocycles. The van der Waals surface area contributed by atoms with Gasteiger partial charge in [-0.25, -0.2) is 4.98 Å². The number of methoxy groups -OCH3 is 1. The molecule has 0 bridgehead atoms. The summed E-state index contributed by atoms with van der Waals surface area (Å²) in [5, 5.41) is 7.35. The summed E-state index contributed by atoms with van der Waals surface area (Å²) in [6.07, 6.45) is 4.93. The minimum atomic E-state index is -2.73. The first-order chi connectivity index (χ1) is 21.2. The molecule has 0 radical (unpaired) electrons. The highest BCUT2D eigenvalue weighted by molar-refractivity contribution is 9.10. The fourth-order valence-corrected chi connectivity index (χ4v) is 8.36. The standard InChI is InChI=1S/C31H36BrN8O3P/c1-18-9-25(27(42-2)10-26(18)40-14-19-12-39(13-20(19)15-40)21-16-43-17-21)37-31-35-11-22(32)30(38-31)36-24-6-5-23-28(34-8-7-33-23)29(24)44(3,4)41/h5-11,19-21H,12-17H2,1-4H3,(H2,35,36,37,38)/t19-,20+. The Hall–Kier alpha value is -3.31. The molecule has 230 valence electrons. The Morgan fingerprint density at radius 3 is 2.43 bits per heavy atom. The Labute approximate surface area is 265 Å². The van der Waals surface area contributed by atoms with Crippen LogP contribution in [0.2, 0.25) is 0 Å². The Balaban J connectivity index is 1.12. The first-order valence-electron chi connectivity index (χ1n) is 14.8. The van der Waals surface area contributed by atoms with Crippen LogP contribution in [0.4, 0.5) is 28.8 Å². The van der Waals surface area contributed by atoms with E-state index in [-0.39, 0.29) is 0 Å². The maximum Gasteiger partial charge on any atom is 0.229 e. The van der Waals surface area contributed by atoms with Crippen molar-refractivity contribution in [1.82, 2.24) is 24.8 Å². The molecule has 2 atom stereocenters. The van der Waals surface area contributed by atoms with Crippen LogP contribution in [0.3, 0.4) is 0 Å². The summed E-state index contributed by atoms with van der Waals surface area (Å²) >= 11 is 3.57. The molecule has 2 N–H and O–H groups in total. The molecule has 4 aromatic rings. The average molecular weight is 680 g/mol. The van der Waals surface area contributed by atoms with E-state index in [1.54, 1.807) is 39.0 Å². The van der Waals surface area contributed by atoms with E-state index >= 15 is 0 Å². The van der Waals surface area contributed by atoms with Gasteiger partial charge in [0.2, 0.25) is 5.95 Å². The van der Waals surface area contributed by atoms with Crippen LogP contribution in [0.25, 0.3) is 11.0 Å². The number of hydrogen-bond donors (Lipinski definition) is 2. The van der Waals surface area contributed by atoms with E-state index in [0.29, 0.717) is 56.1 Å². The quantitative estimate of drug-likeness (QED) is 0.245. The molecule has 13 heteroatoms. The molecule has 44 heavy (non-hydrogen) atoms. The van der Waals surface area contributed by atoms with Crippen molar-refractivity contribution in [2.45, 2.75) is 13.0 Å². The maximum absolute atomic E-state index is 13.4. The number of anilines is 5. The number of nitrogens with one attached hydrogen (secondary N) is 2. The zero-order chi connectivity index (χ0) is 30.6. The third kappa shape index (κ3) is 5.53. The van der Waals surface area contributed by atoms with E-state index in [0.717, 1.165) is 56.4 Å². The zero-order valence-corrected chi connectivity index (χ0v) is 27.7. The Morgan fingerprint density at radius 2 is 1.75 bits per heavy atom. The molecule has 7 rings (SSSR count). The number of aromatic nitrogens is 4. The van der Waals surface area contributed by atoms with Gasteiger partial charge in [0.25, 0.3) is 0 Å². The van der Waals surface area contributed by atoms with Crippen LogP contribution >= 0.6 is 23.1 Å². The van der Waals surface area contributed by atoms with Crippen molar-refractivity contribution in [2.24, 2.45) is 11.8 Å². The number of fused-ring (bicyclic) bond motifs is 2. The van der Waals surface area contributed by atoms with Gasteiger partial charge in [-0.3, -0.25) is 14.9 Å². The van der Waals surface area contributed by atoms with E-state index in [1.807, 2.05) is 12.1 Å². The molecule has 0 spiro atoms. The predicted octanol–water partition coefficient (Wildman–Crippen LogP) is 5.00. The molecule has 0 aliphatic carbocycles. The molecule has 2 aromatic carbocycles. The van der Waals surface area contributed by atoms with E-state index in [2.05, 4.69) is 70.4 Å². The van der Waals surface area contributed by atoms with E-state index in [1.165, 1.54) is 5.69 Å². The minimum absolute atomic E-state index is 0.398. The second kappa shape index (κ2) is 11.6. The monoisotopic (exact) mass is 678 g/mol. The molecular weight excluding hydrogens is 643 g/mol. The van der Waals surface area contributed by atoms with Gasteiger partial charge in [0, 0.05) is 56.5 Å². The van der Waals surface area contributed by atoms with Gasteiger partial charge in [-0.2, -0.15) is 4.98 Å². The first-order valence-corrected chi connectivity index (χ1v) is 18.2. The normalized spacial score (nSPS) is 20.5. The SMILES string of the molecule is COc1cc(N2C[C@@H]3CN(C4COC4)C[C@@H]3C2)c(C)cc1Nc1ncc(Br)c(Nc2ccc3nccnc3c2P(C)(C)=O)n1. The van der Waals surface area contributed by atoms with Crippen molar-refractivity contribution in [1.29, 1.82) is 0 Å². The number of nitrogens with zero attached hydrogens (tertiary/aromatic N) is 6. The first kappa shape index (κ1) is 29.4. The molecule has 0 unspecified atom stereocenters. The van der Waals surface area contributed by atoms with Crippen LogP contribution in [0.5, 0.6) is 5.75 Å². The van der Waals surface area contributed by atoms with Crippen molar-refractivity contribution in [3.05, 3.63) is 52.9 Å². The second-order valence-corrected chi connectivity index (χ2v) is 16.3. The smallest absolute Gasteiger partial charge is 0.229 e. The van der Waals surface area contributed by atoms with Crippen LogP contribution in [0, 0.1) is 18.8 Å². The molecule has 3 aliphatic rings. The number of halogens is 1. The lowest BCUT2D eigenvalue weighted by atomic mass is 10.0. The van der Waals surface area contributed by atoms with Gasteiger partial charge in [-0.15, -0.1) is 0 Å². The summed E-state index contributed by atoms with van der Waals surface area (Å²) in [7, 11) is -1.05. The highest BCUT2D eigenvalue weighted by atomic mass is 79.9. The fraction of sp³-hybridized carbons (Fsp3) is 0.419. The lowest BCUT2D eigenvalue weighted by Crippen LogP contribution is -2.48. The topological polar surface area (TPSA) is 118 Å². The molecule has 3 aliphatic heterocycles. The molecule has 0 amide bonds. The Bertz CT molecular complexity index is 1770. The van der Waals surface area contributed by atoms with Gasteiger partial charge < -0.3 is 29.6 Å². The predicted molar refractivity (Wildman–Crippen MR) is 178 cm³/mol. The van der Waals surface area contributed by atoms with Gasteiger partial charge in [0.15, 0.2) is 0 Å². The number of ether oxygens (including phenoxy) is 2. The van der Waals surface area contributed by atoms with Crippen molar-refractivity contribution >= 4 is 68.2 Å². The van der Waals surface area contributed by atoms with Crippen LogP contribution in [-0.2, 0) is 9.30 Å². The highest BCUT2D eigenvalue weighted by Gasteiger charge is 2.43. The maximum atomic E-state index is 13.4. The van der Waals surface area contributed by atoms with Gasteiger partial charge in [-0.1, -0.05) is 0 Å². The van der Waals surface area contributed by atoms with Crippen molar-refractivity contribution in [2.75, 3.05) is 75.4 Å². The summed E-state index contributed by atoms with van der Waals surface area (Å²) in [5.41, 5.74) is 5.11. The van der Waals surface area contributed by atoms with E-state index in [4.69, 9.17) is 14.5 Å². The Kier molecular flexibility index (Phi) is 7.73. The largest absolute Gasteiger partial charge is 0.494 e. The summed E-state index contributed by atoms with van der Waals surface area (Å²) in [6.45, 7) is 11.8. The van der Waals surface area contributed by atoms with Crippen LogP contribution in [0.15, 0.2) is 47.3 Å². The van der Waals surface area contributed by atoms with Crippen LogP contribution < -0.4 is 25.6 Å². The van der Waals surface area contributed by atoms with Crippen LogP contribution in [-0.4, -0.2) is 90.7 Å². The number of hydrogen-bond acceptors (Lipinski definition) is 11. The Morgan fingerprint density at radius 1 is 1.00 bits per heavy atom. The summed E-state index contributed by atoms with van der Waals surface area (Å²) in [5.74, 6) is 3.02. The molecular formula is C31H36BrN8O3P. The van der Waals surface area contributed by atoms with Crippen molar-refractivity contribution in [3.8, 4) is 5.75 Å². The van der Waals surface area contributed by atoms with Gasteiger partial charge in [0.05, 0.1) is 53.0 Å². The molecule has 2 aromatic heterocycles. The minimum Gasteiger partial charge on any atom is -0.494 e. The number of benzene rings is 2. The highest BCUT2D eigenvalue weighted by Crippen LogP contribution is 2.42.